The number of Topliss-reactive ketones (excluding diaryl/α,β-unsaturated/α-hetero) is 1. The minimum Gasteiger partial charge on any atom is -0.479 e. The molecule has 0 aromatic heterocycles. The van der Waals surface area contributed by atoms with Crippen molar-refractivity contribution in [2.45, 2.75) is 56.1 Å². The summed E-state index contributed by atoms with van der Waals surface area (Å²) >= 11 is 0. The van der Waals surface area contributed by atoms with Crippen LogP contribution in [0.1, 0.15) is 38.5 Å². The Labute approximate surface area is 152 Å². The number of likely N-dealkylation sites (tertiary alicyclic amines) is 1. The Morgan fingerprint density at radius 2 is 2.04 bits per heavy atom. The maximum Gasteiger partial charge on any atom is 0.337 e. The van der Waals surface area contributed by atoms with Crippen molar-refractivity contribution >= 4 is 23.6 Å². The van der Waals surface area contributed by atoms with E-state index < -0.39 is 29.4 Å². The highest BCUT2D eigenvalue weighted by Crippen LogP contribution is 2.33. The van der Waals surface area contributed by atoms with Crippen molar-refractivity contribution in [2.24, 2.45) is 22.2 Å². The predicted molar refractivity (Wildman–Crippen MR) is 95.2 cm³/mol. The van der Waals surface area contributed by atoms with Gasteiger partial charge in [-0.05, 0) is 45.1 Å². The van der Waals surface area contributed by atoms with E-state index in [1.54, 1.807) is 0 Å². The second-order valence-electron chi connectivity index (χ2n) is 6.83. The molecule has 146 valence electrons. The van der Waals surface area contributed by atoms with Gasteiger partial charge in [-0.1, -0.05) is 0 Å². The molecule has 8 N–H and O–H groups in total. The number of nitrogens with two attached hydrogens (primary N) is 3. The first kappa shape index (κ1) is 20.1. The van der Waals surface area contributed by atoms with Crippen LogP contribution in [0, 0.1) is 0 Å². The number of rotatable bonds is 8. The number of hydrogen-bond acceptors (Lipinski definition) is 6. The summed E-state index contributed by atoms with van der Waals surface area (Å²) in [5.41, 5.74) is 14.6. The number of ketones is 1. The Balaban J connectivity index is 2.13. The number of carboxylic acids is 1. The summed E-state index contributed by atoms with van der Waals surface area (Å²) in [7, 11) is 0. The summed E-state index contributed by atoms with van der Waals surface area (Å²) in [6.07, 6.45) is 2.72. The van der Waals surface area contributed by atoms with E-state index >= 15 is 0 Å². The number of amides is 1. The average Bonchev–Trinajstić information content (AvgIpc) is 3.26. The molecule has 0 aromatic carbocycles. The van der Waals surface area contributed by atoms with E-state index in [2.05, 4.69) is 10.3 Å². The molecule has 1 amide bonds. The van der Waals surface area contributed by atoms with Crippen LogP contribution in [0.4, 0.5) is 0 Å². The third-order valence-electron chi connectivity index (χ3n) is 5.07. The molecule has 10 nitrogen and oxygen atoms in total. The molecule has 2 rings (SSSR count). The van der Waals surface area contributed by atoms with Gasteiger partial charge in [0.15, 0.2) is 11.7 Å². The van der Waals surface area contributed by atoms with E-state index in [-0.39, 0.29) is 31.3 Å². The first-order chi connectivity index (χ1) is 12.3. The number of nitrogens with one attached hydrogen (secondary N) is 1. The van der Waals surface area contributed by atoms with E-state index in [0.29, 0.717) is 32.4 Å². The van der Waals surface area contributed by atoms with Gasteiger partial charge in [0.05, 0.1) is 12.1 Å². The van der Waals surface area contributed by atoms with Crippen LogP contribution in [-0.2, 0) is 14.4 Å². The molecule has 0 aromatic rings. The van der Waals surface area contributed by atoms with Crippen LogP contribution in [0.3, 0.4) is 0 Å². The number of carbonyl (C=O) groups is 3. The summed E-state index contributed by atoms with van der Waals surface area (Å²) in [6, 6.07) is -1.43. The van der Waals surface area contributed by atoms with Gasteiger partial charge < -0.3 is 32.5 Å². The molecule has 2 heterocycles. The molecule has 3 atom stereocenters. The highest BCUT2D eigenvalue weighted by Gasteiger charge is 2.57. The second-order valence-corrected chi connectivity index (χ2v) is 6.83. The van der Waals surface area contributed by atoms with Crippen LogP contribution >= 0.6 is 0 Å². The van der Waals surface area contributed by atoms with Gasteiger partial charge in [-0.15, -0.1) is 0 Å². The second kappa shape index (κ2) is 8.45. The van der Waals surface area contributed by atoms with E-state index in [0.717, 1.165) is 6.42 Å². The predicted octanol–water partition coefficient (Wildman–Crippen LogP) is -1.87. The minimum absolute atomic E-state index is 0.0523. The van der Waals surface area contributed by atoms with E-state index in [1.807, 2.05) is 0 Å². The van der Waals surface area contributed by atoms with Gasteiger partial charge in [0.2, 0.25) is 11.4 Å². The number of nitrogens with zero attached hydrogens (tertiary/aromatic N) is 2. The molecule has 2 aliphatic heterocycles. The number of aliphatic imine (C=N–C) groups is 1. The van der Waals surface area contributed by atoms with Crippen molar-refractivity contribution in [2.75, 3.05) is 19.6 Å². The molecule has 0 spiro atoms. The zero-order valence-electron chi connectivity index (χ0n) is 14.8. The van der Waals surface area contributed by atoms with E-state index in [1.165, 1.54) is 4.90 Å². The third-order valence-corrected chi connectivity index (χ3v) is 5.07. The minimum atomic E-state index is -1.88. The van der Waals surface area contributed by atoms with Crippen molar-refractivity contribution in [1.82, 2.24) is 10.2 Å². The van der Waals surface area contributed by atoms with Crippen molar-refractivity contribution in [1.29, 1.82) is 0 Å². The van der Waals surface area contributed by atoms with Crippen molar-refractivity contribution in [3.63, 3.8) is 0 Å². The number of hydrogen-bond donors (Lipinski definition) is 5. The quantitative estimate of drug-likeness (QED) is 0.143. The maximum absolute atomic E-state index is 13.0. The van der Waals surface area contributed by atoms with Crippen LogP contribution in [0.25, 0.3) is 0 Å². The van der Waals surface area contributed by atoms with E-state index in [4.69, 9.17) is 17.2 Å². The molecule has 2 saturated heterocycles. The average molecular weight is 368 g/mol. The Morgan fingerprint density at radius 1 is 1.31 bits per heavy atom. The molecule has 0 bridgehead atoms. The Bertz CT molecular complexity index is 585. The smallest absolute Gasteiger partial charge is 0.337 e. The molecule has 0 saturated carbocycles. The van der Waals surface area contributed by atoms with Crippen LogP contribution in [0.5, 0.6) is 0 Å². The molecule has 26 heavy (non-hydrogen) atoms. The monoisotopic (exact) mass is 368 g/mol. The number of carboxylic acid groups (broad SMARTS) is 1. The molecule has 0 radical (unpaired) electrons. The standard InChI is InChI=1S/C16H28N6O4/c17-10(4-1-8-21-15(18)19)12(23)16(14(25)26)6-3-9-22(16)13(24)11-5-2-7-20-11/h10-11,20H,1-9,17H2,(H,25,26)(H4,18,19,21). The lowest BCUT2D eigenvalue weighted by Crippen LogP contribution is -2.64. The molecular formula is C16H28N6O4. The van der Waals surface area contributed by atoms with Crippen molar-refractivity contribution in [3.05, 3.63) is 0 Å². The summed E-state index contributed by atoms with van der Waals surface area (Å²) in [5.74, 6) is -2.32. The van der Waals surface area contributed by atoms with Gasteiger partial charge in [0.25, 0.3) is 0 Å². The van der Waals surface area contributed by atoms with Crippen LogP contribution in [0.15, 0.2) is 4.99 Å². The molecule has 10 heteroatoms. The fourth-order valence-corrected chi connectivity index (χ4v) is 3.74. The normalized spacial score (nSPS) is 26.5. The van der Waals surface area contributed by atoms with Crippen LogP contribution in [-0.4, -0.2) is 70.9 Å². The van der Waals surface area contributed by atoms with Gasteiger partial charge >= 0.3 is 5.97 Å². The van der Waals surface area contributed by atoms with E-state index in [9.17, 15) is 19.5 Å². The highest BCUT2D eigenvalue weighted by molar-refractivity contribution is 6.13. The molecular weight excluding hydrogens is 340 g/mol. The lowest BCUT2D eigenvalue weighted by molar-refractivity contribution is -0.163. The molecule has 3 unspecified atom stereocenters. The Kier molecular flexibility index (Phi) is 6.54. The lowest BCUT2D eigenvalue weighted by atomic mass is 9.85. The van der Waals surface area contributed by atoms with Gasteiger partial charge in [-0.25, -0.2) is 4.79 Å². The lowest BCUT2D eigenvalue weighted by Gasteiger charge is -2.36. The maximum atomic E-state index is 13.0. The van der Waals surface area contributed by atoms with Crippen LogP contribution < -0.4 is 22.5 Å². The fourth-order valence-electron chi connectivity index (χ4n) is 3.74. The molecule has 0 aliphatic carbocycles. The zero-order chi connectivity index (χ0) is 19.3. The Hall–Kier alpha value is -2.20. The van der Waals surface area contributed by atoms with Gasteiger partial charge in [-0.2, -0.15) is 0 Å². The Morgan fingerprint density at radius 3 is 2.62 bits per heavy atom. The van der Waals surface area contributed by atoms with Gasteiger partial charge in [-0.3, -0.25) is 14.6 Å². The van der Waals surface area contributed by atoms with Gasteiger partial charge in [0.1, 0.15) is 0 Å². The largest absolute Gasteiger partial charge is 0.479 e. The highest BCUT2D eigenvalue weighted by atomic mass is 16.4. The number of carbonyl (C=O) groups excluding carboxylic acids is 2. The topological polar surface area (TPSA) is 177 Å². The summed E-state index contributed by atoms with van der Waals surface area (Å²) in [6.45, 7) is 1.26. The number of aliphatic carboxylic acids is 1. The van der Waals surface area contributed by atoms with Crippen LogP contribution in [0.2, 0.25) is 0 Å². The first-order valence-electron chi connectivity index (χ1n) is 8.94. The molecule has 2 aliphatic rings. The van der Waals surface area contributed by atoms with Gasteiger partial charge in [0, 0.05) is 13.1 Å². The SMILES string of the molecule is NC(N)=NCCCC(N)C(=O)C1(C(=O)O)CCCN1C(=O)C1CCCN1. The number of guanidine groups is 1. The first-order valence-corrected chi connectivity index (χ1v) is 8.94. The fraction of sp³-hybridized carbons (Fsp3) is 0.750. The summed E-state index contributed by atoms with van der Waals surface area (Å²) < 4.78 is 0. The van der Waals surface area contributed by atoms with Crippen molar-refractivity contribution in [3.8, 4) is 0 Å². The third kappa shape index (κ3) is 3.96. The van der Waals surface area contributed by atoms with Crippen molar-refractivity contribution < 1.29 is 19.5 Å². The zero-order valence-corrected chi connectivity index (χ0v) is 14.8. The summed E-state index contributed by atoms with van der Waals surface area (Å²) in [4.78, 5) is 42.9. The summed E-state index contributed by atoms with van der Waals surface area (Å²) in [5, 5.41) is 12.9. The molecule has 2 fully saturated rings.